The Morgan fingerprint density at radius 1 is 1.27 bits per heavy atom. The van der Waals surface area contributed by atoms with Crippen LogP contribution in [-0.4, -0.2) is 56.5 Å². The maximum absolute atomic E-state index is 14.0. The number of aryl methyl sites for hydroxylation is 1. The molecule has 1 heterocycles. The number of fused-ring (bicyclic) bond motifs is 1. The van der Waals surface area contributed by atoms with Crippen molar-refractivity contribution in [1.82, 2.24) is 14.5 Å². The molecular formula is C27H37F3N4O3. The lowest BCUT2D eigenvalue weighted by molar-refractivity contribution is -0.136. The van der Waals surface area contributed by atoms with Crippen LogP contribution in [0.3, 0.4) is 0 Å². The first-order chi connectivity index (χ1) is 17.4. The van der Waals surface area contributed by atoms with Gasteiger partial charge < -0.3 is 19.5 Å². The van der Waals surface area contributed by atoms with Crippen LogP contribution in [0.25, 0.3) is 11.0 Å². The third-order valence-corrected chi connectivity index (χ3v) is 7.36. The second-order valence-corrected chi connectivity index (χ2v) is 10.1. The number of alkyl halides is 3. The molecule has 1 atom stereocenters. The van der Waals surface area contributed by atoms with Gasteiger partial charge in [-0.1, -0.05) is 6.58 Å². The first-order valence-electron chi connectivity index (χ1n) is 12.8. The van der Waals surface area contributed by atoms with E-state index in [2.05, 4.69) is 11.6 Å². The Morgan fingerprint density at radius 3 is 2.46 bits per heavy atom. The Balaban J connectivity index is 1.97. The lowest BCUT2D eigenvalue weighted by Crippen LogP contribution is -2.43. The van der Waals surface area contributed by atoms with Crippen LogP contribution in [0.1, 0.15) is 75.5 Å². The molecule has 1 amide bonds. The van der Waals surface area contributed by atoms with Crippen LogP contribution in [0.2, 0.25) is 0 Å². The maximum atomic E-state index is 14.0. The first kappa shape index (κ1) is 28.7. The highest BCUT2D eigenvalue weighted by Gasteiger charge is 2.37. The zero-order chi connectivity index (χ0) is 27.5. The van der Waals surface area contributed by atoms with Crippen LogP contribution in [0.15, 0.2) is 24.9 Å². The predicted octanol–water partition coefficient (Wildman–Crippen LogP) is 5.31. The standard InChI is InChI=1S/C27H37F3N4O3/c1-6-33(7-2)20-14-22(27(28,29)30)24-23(15-20)32(5)25(31-24)26(37)34(16-18(4)35)17(3)8-9-19-10-12-21(36)13-11-19/h6,14-15,17,19,21,36H,1,7-13,16H2,2-5H3/t17-,19?,21?/m1/s1. The van der Waals surface area contributed by atoms with E-state index < -0.39 is 17.6 Å². The molecule has 0 unspecified atom stereocenters. The van der Waals surface area contributed by atoms with E-state index in [9.17, 15) is 27.9 Å². The second kappa shape index (κ2) is 11.7. The van der Waals surface area contributed by atoms with Crippen LogP contribution in [0, 0.1) is 5.92 Å². The highest BCUT2D eigenvalue weighted by atomic mass is 19.4. The smallest absolute Gasteiger partial charge is 0.393 e. The van der Waals surface area contributed by atoms with Crippen molar-refractivity contribution in [2.75, 3.05) is 18.0 Å². The Kier molecular flexibility index (Phi) is 9.05. The van der Waals surface area contributed by atoms with Gasteiger partial charge in [0.2, 0.25) is 0 Å². The molecule has 0 radical (unpaired) electrons. The van der Waals surface area contributed by atoms with Gasteiger partial charge in [0.15, 0.2) is 5.82 Å². The summed E-state index contributed by atoms with van der Waals surface area (Å²) in [5.41, 5.74) is -0.769. The van der Waals surface area contributed by atoms with Crippen LogP contribution in [0.5, 0.6) is 0 Å². The van der Waals surface area contributed by atoms with E-state index in [-0.39, 0.29) is 41.3 Å². The zero-order valence-corrected chi connectivity index (χ0v) is 22.0. The van der Waals surface area contributed by atoms with Crippen LogP contribution < -0.4 is 4.90 Å². The number of benzene rings is 1. The fourth-order valence-electron chi connectivity index (χ4n) is 5.13. The number of imidazole rings is 1. The lowest BCUT2D eigenvalue weighted by atomic mass is 9.84. The van der Waals surface area contributed by atoms with Gasteiger partial charge in [-0.05, 0) is 83.5 Å². The minimum atomic E-state index is -4.68. The number of hydrogen-bond donors (Lipinski definition) is 1. The van der Waals surface area contributed by atoms with Crippen LogP contribution >= 0.6 is 0 Å². The summed E-state index contributed by atoms with van der Waals surface area (Å²) in [6.07, 6.45) is 1.37. The van der Waals surface area contributed by atoms with E-state index in [1.807, 2.05) is 6.92 Å². The molecule has 0 bridgehead atoms. The molecule has 0 aliphatic heterocycles. The molecule has 1 fully saturated rings. The Morgan fingerprint density at radius 2 is 1.92 bits per heavy atom. The van der Waals surface area contributed by atoms with Gasteiger partial charge in [0.1, 0.15) is 11.3 Å². The maximum Gasteiger partial charge on any atom is 0.418 e. The number of nitrogens with zero attached hydrogens (tertiary/aromatic N) is 4. The van der Waals surface area contributed by atoms with E-state index in [1.165, 1.54) is 29.6 Å². The number of rotatable bonds is 10. The largest absolute Gasteiger partial charge is 0.418 e. The molecule has 0 saturated heterocycles. The number of halogens is 3. The third kappa shape index (κ3) is 6.52. The number of hydrogen-bond acceptors (Lipinski definition) is 5. The summed E-state index contributed by atoms with van der Waals surface area (Å²) in [5, 5.41) is 9.74. The van der Waals surface area contributed by atoms with E-state index in [1.54, 1.807) is 17.9 Å². The fourth-order valence-corrected chi connectivity index (χ4v) is 5.13. The van der Waals surface area contributed by atoms with Crippen molar-refractivity contribution in [3.8, 4) is 0 Å². The van der Waals surface area contributed by atoms with Crippen molar-refractivity contribution in [3.05, 3.63) is 36.3 Å². The summed E-state index contributed by atoms with van der Waals surface area (Å²) in [7, 11) is 1.51. The van der Waals surface area contributed by atoms with Crippen molar-refractivity contribution in [1.29, 1.82) is 0 Å². The number of carbonyl (C=O) groups is 2. The third-order valence-electron chi connectivity index (χ3n) is 7.36. The van der Waals surface area contributed by atoms with Gasteiger partial charge in [0, 0.05) is 25.3 Å². The lowest BCUT2D eigenvalue weighted by Gasteiger charge is -2.31. The summed E-state index contributed by atoms with van der Waals surface area (Å²) in [4.78, 5) is 32.9. The summed E-state index contributed by atoms with van der Waals surface area (Å²) in [5.74, 6) is -0.503. The molecule has 1 N–H and O–H groups in total. The molecule has 37 heavy (non-hydrogen) atoms. The number of aliphatic hydroxyl groups excluding tert-OH is 1. The predicted molar refractivity (Wildman–Crippen MR) is 137 cm³/mol. The minimum absolute atomic E-state index is 0.145. The summed E-state index contributed by atoms with van der Waals surface area (Å²) in [6, 6.07) is 2.28. The van der Waals surface area contributed by atoms with E-state index >= 15 is 0 Å². The molecule has 10 heteroatoms. The average Bonchev–Trinajstić information content (AvgIpc) is 3.17. The SMILES string of the molecule is C=CN(CC)c1cc(C(F)(F)F)c2nc(C(=O)N(CC(C)=O)[C@H](C)CCC3CCC(O)CC3)n(C)c2c1. The summed E-state index contributed by atoms with van der Waals surface area (Å²) >= 11 is 0. The van der Waals surface area contributed by atoms with Crippen molar-refractivity contribution in [2.45, 2.75) is 77.6 Å². The van der Waals surface area contributed by atoms with Gasteiger partial charge in [-0.15, -0.1) is 0 Å². The van der Waals surface area contributed by atoms with Gasteiger partial charge in [-0.2, -0.15) is 13.2 Å². The normalized spacial score (nSPS) is 19.0. The molecule has 1 aliphatic rings. The topological polar surface area (TPSA) is 78.7 Å². The van der Waals surface area contributed by atoms with Gasteiger partial charge in [0.05, 0.1) is 23.7 Å². The molecule has 2 aromatic rings. The monoisotopic (exact) mass is 522 g/mol. The molecule has 1 saturated carbocycles. The highest BCUT2D eigenvalue weighted by molar-refractivity contribution is 5.98. The number of anilines is 1. The van der Waals surface area contributed by atoms with E-state index in [0.29, 0.717) is 24.6 Å². The van der Waals surface area contributed by atoms with Gasteiger partial charge >= 0.3 is 6.18 Å². The molecule has 0 spiro atoms. The number of carbonyl (C=O) groups excluding carboxylic acids is 2. The minimum Gasteiger partial charge on any atom is -0.393 e. The average molecular weight is 523 g/mol. The molecule has 1 aromatic heterocycles. The number of ketones is 1. The van der Waals surface area contributed by atoms with E-state index in [4.69, 9.17) is 0 Å². The first-order valence-corrected chi connectivity index (χ1v) is 12.8. The highest BCUT2D eigenvalue weighted by Crippen LogP contribution is 2.38. The van der Waals surface area contributed by atoms with Gasteiger partial charge in [-0.3, -0.25) is 9.59 Å². The van der Waals surface area contributed by atoms with Gasteiger partial charge in [-0.25, -0.2) is 4.98 Å². The van der Waals surface area contributed by atoms with Crippen molar-refractivity contribution >= 4 is 28.4 Å². The van der Waals surface area contributed by atoms with Crippen molar-refractivity contribution in [2.24, 2.45) is 13.0 Å². The second-order valence-electron chi connectivity index (χ2n) is 10.1. The van der Waals surface area contributed by atoms with E-state index in [0.717, 1.165) is 38.2 Å². The van der Waals surface area contributed by atoms with Crippen molar-refractivity contribution < 1.29 is 27.9 Å². The summed E-state index contributed by atoms with van der Waals surface area (Å²) < 4.78 is 43.4. The van der Waals surface area contributed by atoms with Crippen LogP contribution in [0.4, 0.5) is 18.9 Å². The number of Topliss-reactive ketones (excluding diaryl/α,β-unsaturated/α-hetero) is 1. The summed E-state index contributed by atoms with van der Waals surface area (Å²) in [6.45, 7) is 8.98. The Hall–Kier alpha value is -2.88. The molecule has 1 aliphatic carbocycles. The molecular weight excluding hydrogens is 485 g/mol. The molecule has 3 rings (SSSR count). The number of aliphatic hydroxyl groups is 1. The van der Waals surface area contributed by atoms with Gasteiger partial charge in [0.25, 0.3) is 5.91 Å². The molecule has 204 valence electrons. The zero-order valence-electron chi connectivity index (χ0n) is 22.0. The molecule has 1 aromatic carbocycles. The Labute approximate surface area is 215 Å². The number of aromatic nitrogens is 2. The molecule has 7 nitrogen and oxygen atoms in total. The van der Waals surface area contributed by atoms with Crippen LogP contribution in [-0.2, 0) is 18.0 Å². The quantitative estimate of drug-likeness (QED) is 0.457. The van der Waals surface area contributed by atoms with Crippen molar-refractivity contribution in [3.63, 3.8) is 0 Å². The Bertz CT molecular complexity index is 1140. The number of amides is 1. The fraction of sp³-hybridized carbons (Fsp3) is 0.593.